The third kappa shape index (κ3) is 5.30. The summed E-state index contributed by atoms with van der Waals surface area (Å²) in [6.45, 7) is 2.34. The Morgan fingerprint density at radius 2 is 2.17 bits per heavy atom. The van der Waals surface area contributed by atoms with Crippen molar-refractivity contribution in [1.29, 1.82) is 5.26 Å². The van der Waals surface area contributed by atoms with Crippen molar-refractivity contribution in [3.8, 4) is 6.07 Å². The Morgan fingerprint density at radius 1 is 1.43 bits per heavy atom. The van der Waals surface area contributed by atoms with E-state index < -0.39 is 17.7 Å². The van der Waals surface area contributed by atoms with Crippen LogP contribution in [-0.2, 0) is 0 Å². The second-order valence-corrected chi connectivity index (χ2v) is 7.59. The Balaban J connectivity index is 1.77. The number of nitrogens with one attached hydrogen (secondary N) is 3. The van der Waals surface area contributed by atoms with Gasteiger partial charge in [-0.05, 0) is 26.7 Å². The lowest BCUT2D eigenvalue weighted by Gasteiger charge is -2.22. The first kappa shape index (κ1) is 21.2. The van der Waals surface area contributed by atoms with Crippen LogP contribution in [0.4, 0.5) is 27.7 Å². The van der Waals surface area contributed by atoms with Gasteiger partial charge in [-0.15, -0.1) is 0 Å². The van der Waals surface area contributed by atoms with E-state index >= 15 is 0 Å². The number of nitrogens with zero attached hydrogens (tertiary/aromatic N) is 4. The second kappa shape index (κ2) is 8.46. The van der Waals surface area contributed by atoms with Gasteiger partial charge in [-0.25, -0.2) is 14.4 Å². The molecule has 0 saturated heterocycles. The van der Waals surface area contributed by atoms with Gasteiger partial charge in [0.2, 0.25) is 5.95 Å². The minimum Gasteiger partial charge on any atom is -0.387 e. The van der Waals surface area contributed by atoms with E-state index in [9.17, 15) is 14.3 Å². The van der Waals surface area contributed by atoms with Gasteiger partial charge in [0.15, 0.2) is 0 Å². The summed E-state index contributed by atoms with van der Waals surface area (Å²) in [4.78, 5) is 24.8. The van der Waals surface area contributed by atoms with E-state index in [-0.39, 0.29) is 35.5 Å². The lowest BCUT2D eigenvalue weighted by atomic mass is 10.0. The summed E-state index contributed by atoms with van der Waals surface area (Å²) in [6.07, 6.45) is 2.99. The number of nitrogens with two attached hydrogens (primary N) is 1. The molecule has 1 aliphatic rings. The van der Waals surface area contributed by atoms with Crippen molar-refractivity contribution >= 4 is 29.2 Å². The van der Waals surface area contributed by atoms with Gasteiger partial charge in [0, 0.05) is 18.3 Å². The van der Waals surface area contributed by atoms with E-state index in [1.807, 2.05) is 6.07 Å². The number of hydrogen-bond donors (Lipinski definition) is 5. The van der Waals surface area contributed by atoms with E-state index in [0.29, 0.717) is 11.5 Å². The van der Waals surface area contributed by atoms with E-state index in [1.54, 1.807) is 6.07 Å². The molecule has 2 aromatic rings. The van der Waals surface area contributed by atoms with Crippen LogP contribution >= 0.6 is 0 Å². The van der Waals surface area contributed by atoms with Crippen LogP contribution in [0.1, 0.15) is 42.6 Å². The molecular weight excluding hydrogens is 391 g/mol. The average Bonchev–Trinajstić information content (AvgIpc) is 3.49. The minimum absolute atomic E-state index is 0.0370. The van der Waals surface area contributed by atoms with Crippen molar-refractivity contribution in [1.82, 2.24) is 20.3 Å². The lowest BCUT2D eigenvalue weighted by Crippen LogP contribution is -2.42. The number of aromatic nitrogens is 3. The summed E-state index contributed by atoms with van der Waals surface area (Å²) < 4.78 is 13.9. The van der Waals surface area contributed by atoms with Crippen LogP contribution in [0, 0.1) is 11.3 Å². The van der Waals surface area contributed by atoms with Crippen LogP contribution in [0.5, 0.6) is 0 Å². The third-order valence-electron chi connectivity index (χ3n) is 4.47. The monoisotopic (exact) mass is 414 g/mol. The largest absolute Gasteiger partial charge is 0.387 e. The molecule has 0 radical (unpaired) electrons. The van der Waals surface area contributed by atoms with Crippen LogP contribution in [-0.4, -0.2) is 50.3 Å². The summed E-state index contributed by atoms with van der Waals surface area (Å²) in [6, 6.07) is 3.75. The number of amides is 1. The maximum atomic E-state index is 13.9. The molecule has 2 aromatic heterocycles. The molecule has 0 aromatic carbocycles. The number of carbonyl (C=O) groups is 1. The van der Waals surface area contributed by atoms with Gasteiger partial charge in [0.05, 0.1) is 29.6 Å². The van der Waals surface area contributed by atoms with Crippen LogP contribution in [0.25, 0.3) is 0 Å². The number of aliphatic hydroxyl groups is 1. The molecule has 11 heteroatoms. The molecule has 0 unspecified atom stereocenters. The molecule has 0 spiro atoms. The number of nitrogen functional groups attached to an aromatic ring is 1. The fraction of sp³-hybridized carbons (Fsp3) is 0.421. The Kier molecular flexibility index (Phi) is 5.98. The lowest BCUT2D eigenvalue weighted by molar-refractivity contribution is -0.00177. The minimum atomic E-state index is -1.62. The number of pyridine rings is 1. The van der Waals surface area contributed by atoms with Crippen LogP contribution < -0.4 is 21.7 Å². The van der Waals surface area contributed by atoms with Gasteiger partial charge in [-0.2, -0.15) is 10.2 Å². The van der Waals surface area contributed by atoms with Gasteiger partial charge < -0.3 is 26.8 Å². The fourth-order valence-corrected chi connectivity index (χ4v) is 2.45. The zero-order valence-corrected chi connectivity index (χ0v) is 16.6. The maximum Gasteiger partial charge on any atom is 0.255 e. The number of alkyl halides is 1. The molecule has 158 valence electrons. The van der Waals surface area contributed by atoms with Crippen molar-refractivity contribution in [2.75, 3.05) is 22.9 Å². The second-order valence-electron chi connectivity index (χ2n) is 7.59. The molecule has 10 nitrogen and oxygen atoms in total. The summed E-state index contributed by atoms with van der Waals surface area (Å²) in [5, 5.41) is 27.2. The highest BCUT2D eigenvalue weighted by Crippen LogP contribution is 2.28. The molecular formula is C19H23FN8O2. The summed E-state index contributed by atoms with van der Waals surface area (Å²) >= 11 is 0. The SMILES string of the molecule is CC(C)(O)[C@H](F)CNC(=O)c1cnc(Nc2ncc(C#N)c(N)n2)cc1NC1CC1. The van der Waals surface area contributed by atoms with Crippen LogP contribution in [0.15, 0.2) is 18.5 Å². The van der Waals surface area contributed by atoms with E-state index in [1.165, 1.54) is 26.2 Å². The number of halogens is 1. The Morgan fingerprint density at radius 3 is 2.77 bits per heavy atom. The first-order chi connectivity index (χ1) is 14.2. The van der Waals surface area contributed by atoms with Crippen molar-refractivity contribution in [2.24, 2.45) is 0 Å². The summed E-state index contributed by atoms with van der Waals surface area (Å²) in [5.74, 6) is 0.0376. The topological polar surface area (TPSA) is 162 Å². The standard InChI is InChI=1S/C19H23FN8O2/c1-19(2,30)14(20)9-24-17(29)12-8-23-15(5-13(12)26-11-3-4-11)27-18-25-7-10(6-21)16(22)28-18/h5,7-8,11,14,30H,3-4,9H2,1-2H3,(H,24,29)(H4,22,23,25,26,27,28)/t14-/m1/s1. The highest BCUT2D eigenvalue weighted by atomic mass is 19.1. The predicted molar refractivity (Wildman–Crippen MR) is 109 cm³/mol. The molecule has 1 saturated carbocycles. The van der Waals surface area contributed by atoms with Gasteiger partial charge >= 0.3 is 0 Å². The maximum absolute atomic E-state index is 13.9. The van der Waals surface area contributed by atoms with Gasteiger partial charge in [-0.1, -0.05) is 0 Å². The number of rotatable bonds is 8. The molecule has 1 aliphatic carbocycles. The van der Waals surface area contributed by atoms with Crippen LogP contribution in [0.3, 0.4) is 0 Å². The zero-order valence-electron chi connectivity index (χ0n) is 16.6. The molecule has 1 fully saturated rings. The number of hydrogen-bond acceptors (Lipinski definition) is 9. The molecule has 6 N–H and O–H groups in total. The van der Waals surface area contributed by atoms with Crippen molar-refractivity contribution in [3.63, 3.8) is 0 Å². The van der Waals surface area contributed by atoms with Crippen LogP contribution in [0.2, 0.25) is 0 Å². The molecule has 30 heavy (non-hydrogen) atoms. The molecule has 1 amide bonds. The van der Waals surface area contributed by atoms with Crippen molar-refractivity contribution < 1.29 is 14.3 Å². The number of nitriles is 1. The number of anilines is 4. The average molecular weight is 414 g/mol. The smallest absolute Gasteiger partial charge is 0.255 e. The molecule has 2 heterocycles. The normalized spacial score (nSPS) is 14.5. The van der Waals surface area contributed by atoms with Gasteiger partial charge in [-0.3, -0.25) is 4.79 Å². The highest BCUT2D eigenvalue weighted by Gasteiger charge is 2.28. The van der Waals surface area contributed by atoms with Gasteiger partial charge in [0.1, 0.15) is 29.4 Å². The predicted octanol–water partition coefficient (Wildman–Crippen LogP) is 1.48. The van der Waals surface area contributed by atoms with Gasteiger partial charge in [0.25, 0.3) is 5.91 Å². The number of carbonyl (C=O) groups excluding carboxylic acids is 1. The van der Waals surface area contributed by atoms with Crippen molar-refractivity contribution in [2.45, 2.75) is 44.5 Å². The quantitative estimate of drug-likeness (QED) is 0.431. The van der Waals surface area contributed by atoms with E-state index in [4.69, 9.17) is 11.0 Å². The summed E-state index contributed by atoms with van der Waals surface area (Å²) in [7, 11) is 0. The van der Waals surface area contributed by atoms with E-state index in [2.05, 4.69) is 30.9 Å². The first-order valence-electron chi connectivity index (χ1n) is 9.38. The summed E-state index contributed by atoms with van der Waals surface area (Å²) in [5.41, 5.74) is 5.06. The molecule has 0 aliphatic heterocycles. The zero-order chi connectivity index (χ0) is 21.9. The fourth-order valence-electron chi connectivity index (χ4n) is 2.45. The third-order valence-corrected chi connectivity index (χ3v) is 4.47. The Hall–Kier alpha value is -3.52. The molecule has 0 bridgehead atoms. The first-order valence-corrected chi connectivity index (χ1v) is 9.38. The van der Waals surface area contributed by atoms with Crippen molar-refractivity contribution in [3.05, 3.63) is 29.6 Å². The van der Waals surface area contributed by atoms with E-state index in [0.717, 1.165) is 12.8 Å². The highest BCUT2D eigenvalue weighted by molar-refractivity contribution is 6.00. The Bertz CT molecular complexity index is 981. The Labute approximate surface area is 172 Å². The molecule has 1 atom stereocenters. The molecule has 3 rings (SSSR count).